The van der Waals surface area contributed by atoms with Crippen LogP contribution in [0.5, 0.6) is 0 Å². The van der Waals surface area contributed by atoms with Gasteiger partial charge in [-0.15, -0.1) is 5.10 Å². The molecule has 0 radical (unpaired) electrons. The summed E-state index contributed by atoms with van der Waals surface area (Å²) in [6.07, 6.45) is 5.98. The van der Waals surface area contributed by atoms with E-state index in [1.807, 2.05) is 30.3 Å². The number of tetrazole rings is 1. The van der Waals surface area contributed by atoms with Crippen LogP contribution in [0.2, 0.25) is 0 Å². The van der Waals surface area contributed by atoms with Crippen molar-refractivity contribution in [3.63, 3.8) is 0 Å². The Hall–Kier alpha value is -3.06. The third kappa shape index (κ3) is 5.51. The minimum absolute atomic E-state index is 0.0939. The molecule has 156 valence electrons. The van der Waals surface area contributed by atoms with E-state index >= 15 is 0 Å². The number of hydrogen-bond acceptors (Lipinski definition) is 5. The summed E-state index contributed by atoms with van der Waals surface area (Å²) in [5, 5.41) is 14.4. The zero-order chi connectivity index (χ0) is 20.6. The lowest BCUT2D eigenvalue weighted by Gasteiger charge is -2.26. The van der Waals surface area contributed by atoms with Gasteiger partial charge in [0.1, 0.15) is 12.4 Å². The molecule has 3 aromatic rings. The molecule has 1 aliphatic rings. The normalized spacial score (nSPS) is 15.6. The van der Waals surface area contributed by atoms with Crippen LogP contribution in [0.3, 0.4) is 0 Å². The second-order valence-corrected chi connectivity index (χ2v) is 7.87. The van der Waals surface area contributed by atoms with Crippen LogP contribution < -0.4 is 5.32 Å². The van der Waals surface area contributed by atoms with Gasteiger partial charge in [0.15, 0.2) is 0 Å². The fourth-order valence-electron chi connectivity index (χ4n) is 3.90. The molecule has 2 heterocycles. The van der Waals surface area contributed by atoms with Crippen molar-refractivity contribution in [2.45, 2.75) is 44.8 Å². The predicted molar refractivity (Wildman–Crippen MR) is 114 cm³/mol. The van der Waals surface area contributed by atoms with Gasteiger partial charge in [0.2, 0.25) is 5.91 Å². The summed E-state index contributed by atoms with van der Waals surface area (Å²) in [4.78, 5) is 15.4. The molecule has 1 fully saturated rings. The summed E-state index contributed by atoms with van der Waals surface area (Å²) in [5.41, 5.74) is 3.47. The second-order valence-electron chi connectivity index (χ2n) is 7.87. The average Bonchev–Trinajstić information content (AvgIpc) is 3.33. The Morgan fingerprint density at radius 2 is 1.67 bits per heavy atom. The zero-order valence-corrected chi connectivity index (χ0v) is 17.2. The Balaban J connectivity index is 1.34. The first-order valence-corrected chi connectivity index (χ1v) is 10.6. The third-order valence-electron chi connectivity index (χ3n) is 5.60. The van der Waals surface area contributed by atoms with Crippen molar-refractivity contribution < 1.29 is 4.79 Å². The quantitative estimate of drug-likeness (QED) is 0.625. The Bertz CT molecular complexity index is 905. The van der Waals surface area contributed by atoms with E-state index in [4.69, 9.17) is 0 Å². The van der Waals surface area contributed by atoms with Gasteiger partial charge in [-0.3, -0.25) is 9.69 Å². The lowest BCUT2D eigenvalue weighted by atomic mass is 10.1. The van der Waals surface area contributed by atoms with Gasteiger partial charge in [0.25, 0.3) is 0 Å². The molecule has 7 heteroatoms. The van der Waals surface area contributed by atoms with Crippen LogP contribution in [0.15, 0.2) is 60.9 Å². The van der Waals surface area contributed by atoms with Crippen molar-refractivity contribution in [2.24, 2.45) is 0 Å². The molecule has 0 saturated carbocycles. The molecule has 1 aromatic heterocycles. The van der Waals surface area contributed by atoms with E-state index in [9.17, 15) is 4.79 Å². The first-order valence-electron chi connectivity index (χ1n) is 10.6. The van der Waals surface area contributed by atoms with E-state index in [0.717, 1.165) is 17.7 Å². The molecular formula is C23H28N6O. The van der Waals surface area contributed by atoms with E-state index in [1.54, 1.807) is 0 Å². The fraction of sp³-hybridized carbons (Fsp3) is 0.391. The summed E-state index contributed by atoms with van der Waals surface area (Å²) < 4.78 is 1.52. The summed E-state index contributed by atoms with van der Waals surface area (Å²) in [6.45, 7) is 3.87. The van der Waals surface area contributed by atoms with E-state index in [-0.39, 0.29) is 5.91 Å². The SMILES string of the molecule is O=C(NCc1ccc(CN2CCCCC2)cc1)C(Cc1ccccc1)n1cnnn1. The highest BCUT2D eigenvalue weighted by Gasteiger charge is 2.22. The molecule has 0 spiro atoms. The van der Waals surface area contributed by atoms with Gasteiger partial charge in [-0.2, -0.15) is 0 Å². The Morgan fingerprint density at radius 3 is 2.37 bits per heavy atom. The van der Waals surface area contributed by atoms with E-state index < -0.39 is 6.04 Å². The van der Waals surface area contributed by atoms with Gasteiger partial charge >= 0.3 is 0 Å². The zero-order valence-electron chi connectivity index (χ0n) is 17.2. The van der Waals surface area contributed by atoms with Gasteiger partial charge < -0.3 is 5.32 Å². The number of nitrogens with zero attached hydrogens (tertiary/aromatic N) is 5. The van der Waals surface area contributed by atoms with Gasteiger partial charge in [-0.1, -0.05) is 61.0 Å². The lowest BCUT2D eigenvalue weighted by Crippen LogP contribution is -2.34. The van der Waals surface area contributed by atoms with Crippen LogP contribution in [0.1, 0.15) is 42.0 Å². The summed E-state index contributed by atoms with van der Waals surface area (Å²) in [5.74, 6) is -0.0939. The van der Waals surface area contributed by atoms with Gasteiger partial charge in [0, 0.05) is 19.5 Å². The topological polar surface area (TPSA) is 75.9 Å². The number of rotatable bonds is 8. The van der Waals surface area contributed by atoms with Gasteiger partial charge in [-0.05, 0) is 53.0 Å². The van der Waals surface area contributed by atoms with Crippen molar-refractivity contribution >= 4 is 5.91 Å². The van der Waals surface area contributed by atoms with Crippen LogP contribution in [0.25, 0.3) is 0 Å². The minimum Gasteiger partial charge on any atom is -0.350 e. The molecule has 1 amide bonds. The highest BCUT2D eigenvalue weighted by Crippen LogP contribution is 2.15. The van der Waals surface area contributed by atoms with Crippen LogP contribution in [-0.4, -0.2) is 44.1 Å². The van der Waals surface area contributed by atoms with Crippen molar-refractivity contribution in [1.29, 1.82) is 0 Å². The number of carbonyl (C=O) groups excluding carboxylic acids is 1. The molecule has 1 saturated heterocycles. The molecule has 4 rings (SSSR count). The summed E-state index contributed by atoms with van der Waals surface area (Å²) in [7, 11) is 0. The van der Waals surface area contributed by atoms with Crippen LogP contribution in [0, 0.1) is 0 Å². The molecule has 2 aromatic carbocycles. The van der Waals surface area contributed by atoms with Gasteiger partial charge in [0.05, 0.1) is 0 Å². The van der Waals surface area contributed by atoms with Crippen LogP contribution in [-0.2, 0) is 24.3 Å². The predicted octanol–water partition coefficient (Wildman–Crippen LogP) is 2.76. The smallest absolute Gasteiger partial charge is 0.245 e. The van der Waals surface area contributed by atoms with Crippen LogP contribution in [0.4, 0.5) is 0 Å². The summed E-state index contributed by atoms with van der Waals surface area (Å²) in [6, 6.07) is 18.0. The van der Waals surface area contributed by atoms with E-state index in [2.05, 4.69) is 50.0 Å². The highest BCUT2D eigenvalue weighted by molar-refractivity contribution is 5.80. The molecule has 1 aliphatic heterocycles. The maximum Gasteiger partial charge on any atom is 0.245 e. The number of benzene rings is 2. The number of piperidine rings is 1. The molecule has 0 bridgehead atoms. The largest absolute Gasteiger partial charge is 0.350 e. The fourth-order valence-corrected chi connectivity index (χ4v) is 3.90. The van der Waals surface area contributed by atoms with Crippen molar-refractivity contribution in [2.75, 3.05) is 13.1 Å². The molecule has 30 heavy (non-hydrogen) atoms. The number of hydrogen-bond donors (Lipinski definition) is 1. The van der Waals surface area contributed by atoms with Crippen molar-refractivity contribution in [1.82, 2.24) is 30.4 Å². The molecule has 0 aliphatic carbocycles. The second kappa shape index (κ2) is 10.1. The molecule has 1 N–H and O–H groups in total. The number of amides is 1. The Labute approximate surface area is 177 Å². The van der Waals surface area contributed by atoms with Crippen molar-refractivity contribution in [3.05, 3.63) is 77.6 Å². The summed E-state index contributed by atoms with van der Waals surface area (Å²) >= 11 is 0. The first kappa shape index (κ1) is 20.2. The minimum atomic E-state index is -0.485. The van der Waals surface area contributed by atoms with E-state index in [0.29, 0.717) is 13.0 Å². The standard InChI is InChI=1S/C23H28N6O/c30-23(22(29-18-25-26-27-29)15-19-7-3-1-4-8-19)24-16-20-9-11-21(12-10-20)17-28-13-5-2-6-14-28/h1,3-4,7-12,18,22H,2,5-6,13-17H2,(H,24,30). The lowest BCUT2D eigenvalue weighted by molar-refractivity contribution is -0.124. The van der Waals surface area contributed by atoms with Crippen molar-refractivity contribution in [3.8, 4) is 0 Å². The number of likely N-dealkylation sites (tertiary alicyclic amines) is 1. The molecular weight excluding hydrogens is 376 g/mol. The highest BCUT2D eigenvalue weighted by atomic mass is 16.2. The number of aromatic nitrogens is 4. The number of nitrogens with one attached hydrogen (secondary N) is 1. The molecule has 7 nitrogen and oxygen atoms in total. The number of carbonyl (C=O) groups is 1. The van der Waals surface area contributed by atoms with E-state index in [1.165, 1.54) is 48.9 Å². The van der Waals surface area contributed by atoms with Gasteiger partial charge in [-0.25, -0.2) is 4.68 Å². The molecule has 1 unspecified atom stereocenters. The van der Waals surface area contributed by atoms with Crippen LogP contribution >= 0.6 is 0 Å². The average molecular weight is 405 g/mol. The monoisotopic (exact) mass is 404 g/mol. The Morgan fingerprint density at radius 1 is 0.933 bits per heavy atom. The third-order valence-corrected chi connectivity index (χ3v) is 5.60. The maximum atomic E-state index is 12.9. The molecule has 1 atom stereocenters. The first-order chi connectivity index (χ1) is 14.8. The maximum absolute atomic E-state index is 12.9. The Kier molecular flexibility index (Phi) is 6.82.